The number of hydrogen-bond donors (Lipinski definition) is 0. The van der Waals surface area contributed by atoms with E-state index >= 15 is 0 Å². The lowest BCUT2D eigenvalue weighted by molar-refractivity contribution is 0.723. The molecule has 15 aromatic carbocycles. The van der Waals surface area contributed by atoms with Gasteiger partial charge in [-0.25, -0.2) is 29.9 Å². The fraction of sp³-hybridized carbons (Fsp3) is 0.0200. The molecule has 21 rings (SSSR count). The van der Waals surface area contributed by atoms with Gasteiger partial charge in [-0.15, -0.1) is 0 Å². The predicted octanol–water partition coefficient (Wildman–Crippen LogP) is 24.1. The van der Waals surface area contributed by atoms with E-state index in [2.05, 4.69) is 231 Å². The normalized spacial score (nSPS) is 14.7. The van der Waals surface area contributed by atoms with Crippen molar-refractivity contribution in [1.82, 2.24) is 29.9 Å². The standard InChI is InChI=1S/C53H32N4S.C47H28N4S/c54-33-34-25-27-36(28-26-34)41-19-12-23-46-49(41)58-47-24-10-9-21-44(47)53(46)43-20-8-7-17-42(43)48-40(18-11-22-45(48)53)35-29-31-39(32-30-35)52-56-50(37-13-3-1-4-14-37)55-51(57-52)38-15-5-2-6-16-38;48-29-30-25-27-31(28-26-30)34-18-11-23-40-43(34)52-41-24-10-9-21-38(41)47(40)37-20-8-7-17-35(37)42-36(19-12-22-39(42)47)46-50-44(32-13-3-1-4-14-32)49-45(51-46)33-15-5-2-6-16-33/h1-32H;1-28H. The Morgan fingerprint density at radius 1 is 0.200 bits per heavy atom. The first-order valence-corrected chi connectivity index (χ1v) is 38.2. The zero-order valence-corrected chi connectivity index (χ0v) is 60.7. The molecule has 0 amide bonds. The summed E-state index contributed by atoms with van der Waals surface area (Å²) in [4.78, 5) is 35.2. The van der Waals surface area contributed by atoms with E-state index in [4.69, 9.17) is 29.9 Å². The molecule has 2 aromatic heterocycles. The molecule has 2 aliphatic carbocycles. The summed E-state index contributed by atoms with van der Waals surface area (Å²) in [5, 5.41) is 19.0. The van der Waals surface area contributed by atoms with Crippen LogP contribution in [0, 0.1) is 22.7 Å². The van der Waals surface area contributed by atoms with Crippen molar-refractivity contribution in [3.8, 4) is 136 Å². The third kappa shape index (κ3) is 10.7. The van der Waals surface area contributed by atoms with Gasteiger partial charge in [0.1, 0.15) is 0 Å². The number of nitriles is 2. The lowest BCUT2D eigenvalue weighted by atomic mass is 9.67. The van der Waals surface area contributed by atoms with Crippen molar-refractivity contribution in [3.05, 3.63) is 420 Å². The molecule has 0 saturated heterocycles. The molecule has 0 bridgehead atoms. The van der Waals surface area contributed by atoms with Gasteiger partial charge in [0.05, 0.1) is 34.1 Å². The maximum absolute atomic E-state index is 9.53. The van der Waals surface area contributed by atoms with Gasteiger partial charge in [-0.05, 0) is 137 Å². The van der Waals surface area contributed by atoms with E-state index < -0.39 is 10.8 Å². The molecule has 4 aliphatic rings. The maximum Gasteiger partial charge on any atom is 0.164 e. The highest BCUT2D eigenvalue weighted by molar-refractivity contribution is 8.00. The molecule has 2 aliphatic heterocycles. The third-order valence-corrected chi connectivity index (χ3v) is 24.2. The summed E-state index contributed by atoms with van der Waals surface area (Å²) in [6, 6.07) is 132. The summed E-state index contributed by atoms with van der Waals surface area (Å²) in [6.45, 7) is 0. The highest BCUT2D eigenvalue weighted by Gasteiger charge is 2.53. The number of hydrogen-bond acceptors (Lipinski definition) is 10. The molecule has 10 heteroatoms. The Morgan fingerprint density at radius 3 is 0.855 bits per heavy atom. The van der Waals surface area contributed by atoms with Crippen molar-refractivity contribution in [2.75, 3.05) is 0 Å². The van der Waals surface area contributed by atoms with Crippen LogP contribution in [0.25, 0.3) is 124 Å². The Bertz CT molecular complexity index is 6490. The Labute approximate surface area is 645 Å². The Balaban J connectivity index is 0.000000145. The average molecular weight is 1440 g/mol. The highest BCUT2D eigenvalue weighted by atomic mass is 32.2. The minimum Gasteiger partial charge on any atom is -0.208 e. The second-order valence-electron chi connectivity index (χ2n) is 27.6. The van der Waals surface area contributed by atoms with Crippen LogP contribution in [0.15, 0.2) is 384 Å². The Hall–Kier alpha value is -14.0. The van der Waals surface area contributed by atoms with Crippen LogP contribution >= 0.6 is 23.5 Å². The molecule has 4 heterocycles. The number of nitrogens with zero attached hydrogens (tertiary/aromatic N) is 8. The first-order valence-electron chi connectivity index (χ1n) is 36.6. The summed E-state index contributed by atoms with van der Waals surface area (Å²) < 4.78 is 0. The minimum atomic E-state index is -0.584. The van der Waals surface area contributed by atoms with E-state index in [-0.39, 0.29) is 0 Å². The monoisotopic (exact) mass is 1440 g/mol. The van der Waals surface area contributed by atoms with Crippen LogP contribution in [0.4, 0.5) is 0 Å². The van der Waals surface area contributed by atoms with Gasteiger partial charge in [-0.1, -0.05) is 351 Å². The predicted molar refractivity (Wildman–Crippen MR) is 441 cm³/mol. The van der Waals surface area contributed by atoms with Gasteiger partial charge < -0.3 is 0 Å². The van der Waals surface area contributed by atoms with Crippen LogP contribution in [0.5, 0.6) is 0 Å². The van der Waals surface area contributed by atoms with Crippen molar-refractivity contribution < 1.29 is 0 Å². The van der Waals surface area contributed by atoms with E-state index in [9.17, 15) is 10.5 Å². The molecule has 0 N–H and O–H groups in total. The topological polar surface area (TPSA) is 125 Å². The average Bonchev–Trinajstić information content (AvgIpc) is 1.52. The lowest BCUT2D eigenvalue weighted by Gasteiger charge is -2.40. The van der Waals surface area contributed by atoms with E-state index in [1.165, 1.54) is 91.9 Å². The van der Waals surface area contributed by atoms with Crippen molar-refractivity contribution >= 4 is 23.5 Å². The molecular weight excluding hydrogens is 1380 g/mol. The smallest absolute Gasteiger partial charge is 0.164 e. The summed E-state index contributed by atoms with van der Waals surface area (Å²) >= 11 is 3.67. The molecule has 17 aromatic rings. The molecule has 2 unspecified atom stereocenters. The number of rotatable bonds is 9. The molecule has 2 atom stereocenters. The third-order valence-electron chi connectivity index (χ3n) is 21.7. The first-order chi connectivity index (χ1) is 54.4. The summed E-state index contributed by atoms with van der Waals surface area (Å²) in [6.07, 6.45) is 0. The molecule has 110 heavy (non-hydrogen) atoms. The molecule has 0 fully saturated rings. The van der Waals surface area contributed by atoms with E-state index in [1.54, 1.807) is 0 Å². The summed E-state index contributed by atoms with van der Waals surface area (Å²) in [7, 11) is 0. The van der Waals surface area contributed by atoms with Crippen molar-refractivity contribution in [2.24, 2.45) is 0 Å². The molecule has 512 valence electrons. The van der Waals surface area contributed by atoms with Crippen LogP contribution in [0.2, 0.25) is 0 Å². The van der Waals surface area contributed by atoms with E-state index in [0.29, 0.717) is 46.1 Å². The van der Waals surface area contributed by atoms with Crippen LogP contribution in [-0.2, 0) is 10.8 Å². The largest absolute Gasteiger partial charge is 0.208 e. The van der Waals surface area contributed by atoms with E-state index in [1.807, 2.05) is 169 Å². The zero-order valence-electron chi connectivity index (χ0n) is 59.0. The second kappa shape index (κ2) is 27.1. The SMILES string of the molecule is N#Cc1ccc(-c2cccc3c2Sc2ccccc2C32c3ccccc3-c3c(-c4ccc(-c5nc(-c6ccccc6)nc(-c6ccccc6)n5)cc4)cccc32)cc1.N#Cc1ccc(-c2cccc3c2Sc2ccccc2C32c3ccccc3-c3c(-c4nc(-c5ccccc5)nc(-c5ccccc5)n4)cccc32)cc1. The van der Waals surface area contributed by atoms with Crippen molar-refractivity contribution in [1.29, 1.82) is 10.5 Å². The van der Waals surface area contributed by atoms with Gasteiger partial charge >= 0.3 is 0 Å². The second-order valence-corrected chi connectivity index (χ2v) is 29.7. The van der Waals surface area contributed by atoms with Gasteiger partial charge in [0.25, 0.3) is 0 Å². The molecule has 8 nitrogen and oxygen atoms in total. The fourth-order valence-corrected chi connectivity index (χ4v) is 19.6. The van der Waals surface area contributed by atoms with E-state index in [0.717, 1.165) is 61.2 Å². The molecular formula is C100H60N8S2. The van der Waals surface area contributed by atoms with Crippen molar-refractivity contribution in [2.45, 2.75) is 30.4 Å². The number of benzene rings is 15. The van der Waals surface area contributed by atoms with Gasteiger partial charge in [0.2, 0.25) is 0 Å². The molecule has 0 saturated carbocycles. The number of fused-ring (bicyclic) bond motifs is 18. The van der Waals surface area contributed by atoms with Gasteiger partial charge in [-0.3, -0.25) is 0 Å². The first kappa shape index (κ1) is 65.5. The van der Waals surface area contributed by atoms with Crippen LogP contribution in [-0.4, -0.2) is 29.9 Å². The van der Waals surface area contributed by atoms with Gasteiger partial charge in [0.15, 0.2) is 34.9 Å². The van der Waals surface area contributed by atoms with Crippen LogP contribution < -0.4 is 0 Å². The molecule has 2 spiro atoms. The Kier molecular flexibility index (Phi) is 16.1. The maximum atomic E-state index is 9.53. The van der Waals surface area contributed by atoms with Gasteiger partial charge in [0, 0.05) is 53.0 Å². The Morgan fingerprint density at radius 2 is 0.464 bits per heavy atom. The summed E-state index contributed by atoms with van der Waals surface area (Å²) in [5.41, 5.74) is 27.6. The quantitative estimate of drug-likeness (QED) is 0.138. The van der Waals surface area contributed by atoms with Crippen LogP contribution in [0.3, 0.4) is 0 Å². The fourth-order valence-electron chi connectivity index (χ4n) is 16.9. The summed E-state index contributed by atoms with van der Waals surface area (Å²) in [5.74, 6) is 3.84. The minimum absolute atomic E-state index is 0.534. The highest BCUT2D eigenvalue weighted by Crippen LogP contribution is 2.66. The molecule has 0 radical (unpaired) electrons. The van der Waals surface area contributed by atoms with Gasteiger partial charge in [-0.2, -0.15) is 10.5 Å². The van der Waals surface area contributed by atoms with Crippen LogP contribution in [0.1, 0.15) is 55.6 Å². The number of aromatic nitrogens is 6. The zero-order chi connectivity index (χ0) is 73.3. The lowest BCUT2D eigenvalue weighted by Crippen LogP contribution is -2.32. The van der Waals surface area contributed by atoms with Crippen molar-refractivity contribution in [3.63, 3.8) is 0 Å².